The van der Waals surface area contributed by atoms with E-state index in [9.17, 15) is 18.4 Å². The van der Waals surface area contributed by atoms with Crippen LogP contribution < -0.4 is 10.1 Å². The minimum atomic E-state index is -0.325. The van der Waals surface area contributed by atoms with Gasteiger partial charge >= 0.3 is 0 Å². The van der Waals surface area contributed by atoms with Gasteiger partial charge in [-0.15, -0.1) is 0 Å². The van der Waals surface area contributed by atoms with E-state index in [1.807, 2.05) is 0 Å². The molecule has 3 heterocycles. The second kappa shape index (κ2) is 11.7. The summed E-state index contributed by atoms with van der Waals surface area (Å²) in [5, 5.41) is 3.05. The zero-order valence-electron chi connectivity index (χ0n) is 21.0. The second-order valence-corrected chi connectivity index (χ2v) is 9.82. The third-order valence-electron chi connectivity index (χ3n) is 7.03. The molecular weight excluding hydrogens is 490 g/mol. The molecule has 2 fully saturated rings. The molecule has 0 spiro atoms. The Morgan fingerprint density at radius 2 is 1.58 bits per heavy atom. The van der Waals surface area contributed by atoms with Gasteiger partial charge < -0.3 is 15.0 Å². The average molecular weight is 521 g/mol. The Balaban J connectivity index is 1.07. The van der Waals surface area contributed by atoms with Crippen LogP contribution in [-0.4, -0.2) is 64.9 Å². The molecule has 1 N–H and O–H groups in total. The van der Waals surface area contributed by atoms with E-state index in [4.69, 9.17) is 4.74 Å². The van der Waals surface area contributed by atoms with Crippen LogP contribution in [0.1, 0.15) is 45.7 Å². The first-order valence-electron chi connectivity index (χ1n) is 12.9. The van der Waals surface area contributed by atoms with Crippen LogP contribution in [0.5, 0.6) is 5.75 Å². The van der Waals surface area contributed by atoms with Crippen LogP contribution in [0.4, 0.5) is 8.78 Å². The largest absolute Gasteiger partial charge is 0.489 e. The van der Waals surface area contributed by atoms with E-state index in [-0.39, 0.29) is 41.3 Å². The third kappa shape index (κ3) is 6.52. The molecule has 0 saturated carbocycles. The number of piperidine rings is 1. The molecule has 38 heavy (non-hydrogen) atoms. The summed E-state index contributed by atoms with van der Waals surface area (Å²) in [5.74, 6) is -0.410. The quantitative estimate of drug-likeness (QED) is 0.509. The highest BCUT2D eigenvalue weighted by Crippen LogP contribution is 2.21. The molecule has 0 unspecified atom stereocenters. The number of benzene rings is 2. The monoisotopic (exact) mass is 520 g/mol. The van der Waals surface area contributed by atoms with Crippen molar-refractivity contribution in [3.63, 3.8) is 0 Å². The van der Waals surface area contributed by atoms with Gasteiger partial charge in [0.1, 0.15) is 29.2 Å². The standard InChI is InChI=1S/C29H30F2N4O3/c30-22-4-1-20(2-5-22)18-34-14-11-24(12-15-34)33-28(36)27-10-3-21(17-32-27)29(37)35-16-13-26(19-35)38-25-8-6-23(31)7-9-25/h1-10,17,24,26H,11-16,18-19H2,(H,33,36)/t26-/m0/s1. The summed E-state index contributed by atoms with van der Waals surface area (Å²) in [5.41, 5.74) is 1.75. The molecule has 0 bridgehead atoms. The molecule has 0 aliphatic carbocycles. The molecule has 5 rings (SSSR count). The molecule has 3 aromatic rings. The lowest BCUT2D eigenvalue weighted by Crippen LogP contribution is -2.44. The first-order chi connectivity index (χ1) is 18.4. The second-order valence-electron chi connectivity index (χ2n) is 9.82. The lowest BCUT2D eigenvalue weighted by Gasteiger charge is -2.32. The van der Waals surface area contributed by atoms with Crippen LogP contribution in [0.25, 0.3) is 0 Å². The van der Waals surface area contributed by atoms with Crippen LogP contribution in [0.3, 0.4) is 0 Å². The van der Waals surface area contributed by atoms with Gasteiger partial charge in [-0.2, -0.15) is 0 Å². The summed E-state index contributed by atoms with van der Waals surface area (Å²) in [6.07, 6.45) is 3.60. The van der Waals surface area contributed by atoms with Gasteiger partial charge in [0.05, 0.1) is 12.1 Å². The van der Waals surface area contributed by atoms with Gasteiger partial charge in [0, 0.05) is 44.8 Å². The maximum atomic E-state index is 13.1. The normalized spacial score (nSPS) is 18.4. The van der Waals surface area contributed by atoms with Crippen molar-refractivity contribution in [2.75, 3.05) is 26.2 Å². The topological polar surface area (TPSA) is 74.8 Å². The number of ether oxygens (including phenoxy) is 1. The number of nitrogens with one attached hydrogen (secondary N) is 1. The summed E-state index contributed by atoms with van der Waals surface area (Å²) < 4.78 is 32.1. The molecule has 1 aromatic heterocycles. The van der Waals surface area contributed by atoms with Crippen LogP contribution in [-0.2, 0) is 6.54 Å². The van der Waals surface area contributed by atoms with E-state index in [2.05, 4.69) is 15.2 Å². The van der Waals surface area contributed by atoms with Gasteiger partial charge in [-0.05, 0) is 66.9 Å². The summed E-state index contributed by atoms with van der Waals surface area (Å²) in [6.45, 7) is 3.41. The zero-order valence-corrected chi connectivity index (χ0v) is 21.0. The number of carbonyl (C=O) groups is 2. The Bertz CT molecular complexity index is 1240. The number of rotatable bonds is 7. The lowest BCUT2D eigenvalue weighted by atomic mass is 10.0. The van der Waals surface area contributed by atoms with Crippen molar-refractivity contribution >= 4 is 11.8 Å². The van der Waals surface area contributed by atoms with E-state index in [1.165, 1.54) is 30.5 Å². The van der Waals surface area contributed by atoms with Crippen molar-refractivity contribution in [1.29, 1.82) is 0 Å². The van der Waals surface area contributed by atoms with E-state index >= 15 is 0 Å². The molecular formula is C29H30F2N4O3. The number of hydrogen-bond acceptors (Lipinski definition) is 5. The Morgan fingerprint density at radius 3 is 2.24 bits per heavy atom. The molecule has 2 saturated heterocycles. The smallest absolute Gasteiger partial charge is 0.270 e. The Labute approximate surface area is 220 Å². The molecule has 2 aliphatic rings. The number of carbonyl (C=O) groups excluding carboxylic acids is 2. The first-order valence-corrected chi connectivity index (χ1v) is 12.9. The molecule has 2 aliphatic heterocycles. The van der Waals surface area contributed by atoms with Crippen molar-refractivity contribution in [3.8, 4) is 5.75 Å². The van der Waals surface area contributed by atoms with Crippen molar-refractivity contribution in [2.45, 2.75) is 38.0 Å². The Hall–Kier alpha value is -3.85. The third-order valence-corrected chi connectivity index (χ3v) is 7.03. The molecule has 1 atom stereocenters. The molecule has 2 amide bonds. The number of likely N-dealkylation sites (tertiary alicyclic amines) is 2. The first kappa shape index (κ1) is 25.8. The average Bonchev–Trinajstić information content (AvgIpc) is 3.40. The fourth-order valence-electron chi connectivity index (χ4n) is 4.89. The number of amides is 2. The Kier molecular flexibility index (Phi) is 7.93. The van der Waals surface area contributed by atoms with Gasteiger partial charge in [-0.3, -0.25) is 19.5 Å². The maximum absolute atomic E-state index is 13.1. The summed E-state index contributed by atoms with van der Waals surface area (Å²) >= 11 is 0. The number of nitrogens with zero attached hydrogens (tertiary/aromatic N) is 3. The number of pyridine rings is 1. The number of aromatic nitrogens is 1. The lowest BCUT2D eigenvalue weighted by molar-refractivity contribution is 0.0770. The fourth-order valence-corrected chi connectivity index (χ4v) is 4.89. The minimum Gasteiger partial charge on any atom is -0.489 e. The molecule has 0 radical (unpaired) electrons. The fraction of sp³-hybridized carbons (Fsp3) is 0.345. The van der Waals surface area contributed by atoms with Crippen molar-refractivity contribution < 1.29 is 23.1 Å². The van der Waals surface area contributed by atoms with Crippen molar-refractivity contribution in [1.82, 2.24) is 20.1 Å². The predicted octanol–water partition coefficient (Wildman–Crippen LogP) is 4.05. The van der Waals surface area contributed by atoms with Crippen molar-refractivity contribution in [3.05, 3.63) is 95.3 Å². The van der Waals surface area contributed by atoms with Crippen LogP contribution >= 0.6 is 0 Å². The number of halogens is 2. The molecule has 9 heteroatoms. The summed E-state index contributed by atoms with van der Waals surface area (Å²) in [7, 11) is 0. The van der Waals surface area contributed by atoms with Crippen molar-refractivity contribution in [2.24, 2.45) is 0 Å². The highest BCUT2D eigenvalue weighted by Gasteiger charge is 2.29. The molecule has 198 valence electrons. The van der Waals surface area contributed by atoms with Gasteiger partial charge in [0.15, 0.2) is 0 Å². The SMILES string of the molecule is O=C(NC1CCN(Cc2ccc(F)cc2)CC1)c1ccc(C(=O)N2CC[C@H](Oc3ccc(F)cc3)C2)cn1. The van der Waals surface area contributed by atoms with E-state index in [0.29, 0.717) is 30.8 Å². The van der Waals surface area contributed by atoms with Crippen LogP contribution in [0.15, 0.2) is 66.9 Å². The van der Waals surface area contributed by atoms with Gasteiger partial charge in [-0.25, -0.2) is 8.78 Å². The van der Waals surface area contributed by atoms with Crippen LogP contribution in [0, 0.1) is 11.6 Å². The van der Waals surface area contributed by atoms with Gasteiger partial charge in [0.25, 0.3) is 11.8 Å². The number of hydrogen-bond donors (Lipinski definition) is 1. The van der Waals surface area contributed by atoms with Gasteiger partial charge in [0.2, 0.25) is 0 Å². The summed E-state index contributed by atoms with van der Waals surface area (Å²) in [6, 6.07) is 15.6. The predicted molar refractivity (Wildman–Crippen MR) is 138 cm³/mol. The van der Waals surface area contributed by atoms with Crippen LogP contribution in [0.2, 0.25) is 0 Å². The zero-order chi connectivity index (χ0) is 26.5. The van der Waals surface area contributed by atoms with E-state index in [1.54, 1.807) is 41.3 Å². The highest BCUT2D eigenvalue weighted by molar-refractivity contribution is 5.96. The Morgan fingerprint density at radius 1 is 0.895 bits per heavy atom. The summed E-state index contributed by atoms with van der Waals surface area (Å²) in [4.78, 5) is 33.9. The molecule has 2 aromatic carbocycles. The van der Waals surface area contributed by atoms with Gasteiger partial charge in [-0.1, -0.05) is 12.1 Å². The highest BCUT2D eigenvalue weighted by atomic mass is 19.1. The molecule has 7 nitrogen and oxygen atoms in total. The van der Waals surface area contributed by atoms with E-state index in [0.717, 1.165) is 38.0 Å². The van der Waals surface area contributed by atoms with E-state index < -0.39 is 0 Å². The minimum absolute atomic E-state index is 0.0534. The maximum Gasteiger partial charge on any atom is 0.270 e.